The normalized spacial score (nSPS) is 12.9. The summed E-state index contributed by atoms with van der Waals surface area (Å²) in [7, 11) is 4.68. The quantitative estimate of drug-likeness (QED) is 0.700. The van der Waals surface area contributed by atoms with Gasteiger partial charge in [0.2, 0.25) is 18.5 Å². The predicted molar refractivity (Wildman–Crippen MR) is 108 cm³/mol. The van der Waals surface area contributed by atoms with Crippen molar-refractivity contribution in [1.29, 1.82) is 0 Å². The summed E-state index contributed by atoms with van der Waals surface area (Å²) in [6.45, 7) is 4.35. The third kappa shape index (κ3) is 2.91. The van der Waals surface area contributed by atoms with E-state index in [-0.39, 0.29) is 12.7 Å². The van der Waals surface area contributed by atoms with Gasteiger partial charge in [-0.25, -0.2) is 9.97 Å². The number of benzene rings is 2. The Kier molecular flexibility index (Phi) is 4.49. The number of hydrogen-bond donors (Lipinski definition) is 1. The Bertz CT molecular complexity index is 1100. The fourth-order valence-corrected chi connectivity index (χ4v) is 3.65. The Hall–Kier alpha value is -3.42. The molecule has 0 bridgehead atoms. The van der Waals surface area contributed by atoms with E-state index in [0.717, 1.165) is 22.4 Å². The molecule has 8 heteroatoms. The molecule has 0 saturated heterocycles. The molecule has 4 rings (SSSR count). The standard InChI is InChI=1S/C21H23N3O5/c1-21(2,11-6-7-13-14(8-11)29-10-28-13)19-12-9-15(25-3)17(26-4)18(27-5)16(12)23-20(22)24-19/h6-9H,10H2,1-5H3,(H2,22,23,24). The first kappa shape index (κ1) is 18.9. The molecular formula is C21H23N3O5. The number of nitrogens with zero attached hydrogens (tertiary/aromatic N) is 2. The Labute approximate surface area is 168 Å². The molecule has 0 spiro atoms. The van der Waals surface area contributed by atoms with E-state index in [2.05, 4.69) is 23.8 Å². The van der Waals surface area contributed by atoms with Gasteiger partial charge < -0.3 is 29.4 Å². The summed E-state index contributed by atoms with van der Waals surface area (Å²) in [5.74, 6) is 2.99. The van der Waals surface area contributed by atoms with Gasteiger partial charge in [-0.05, 0) is 23.8 Å². The molecule has 8 nitrogen and oxygen atoms in total. The lowest BCUT2D eigenvalue weighted by atomic mass is 9.79. The van der Waals surface area contributed by atoms with Crippen molar-refractivity contribution in [3.8, 4) is 28.7 Å². The van der Waals surface area contributed by atoms with Gasteiger partial charge >= 0.3 is 0 Å². The summed E-state index contributed by atoms with van der Waals surface area (Å²) in [5.41, 5.74) is 7.84. The van der Waals surface area contributed by atoms with E-state index in [1.807, 2.05) is 24.3 Å². The summed E-state index contributed by atoms with van der Waals surface area (Å²) in [5, 5.41) is 0.761. The summed E-state index contributed by atoms with van der Waals surface area (Å²) in [6.07, 6.45) is 0. The summed E-state index contributed by atoms with van der Waals surface area (Å²) in [6, 6.07) is 7.70. The average Bonchev–Trinajstić information content (AvgIpc) is 3.19. The van der Waals surface area contributed by atoms with Gasteiger partial charge in [0, 0.05) is 10.8 Å². The van der Waals surface area contributed by atoms with Crippen LogP contribution >= 0.6 is 0 Å². The van der Waals surface area contributed by atoms with E-state index >= 15 is 0 Å². The Balaban J connectivity index is 2.00. The van der Waals surface area contributed by atoms with E-state index in [9.17, 15) is 0 Å². The maximum Gasteiger partial charge on any atom is 0.231 e. The number of nitrogens with two attached hydrogens (primary N) is 1. The number of anilines is 1. The molecule has 2 aromatic carbocycles. The third-order valence-electron chi connectivity index (χ3n) is 5.20. The Morgan fingerprint density at radius 1 is 0.931 bits per heavy atom. The zero-order valence-electron chi connectivity index (χ0n) is 17.0. The average molecular weight is 397 g/mol. The smallest absolute Gasteiger partial charge is 0.231 e. The first-order chi connectivity index (χ1) is 13.9. The molecule has 3 aromatic rings. The van der Waals surface area contributed by atoms with Gasteiger partial charge in [0.25, 0.3) is 0 Å². The fourth-order valence-electron chi connectivity index (χ4n) is 3.65. The molecule has 1 aliphatic rings. The largest absolute Gasteiger partial charge is 0.493 e. The summed E-state index contributed by atoms with van der Waals surface area (Å²) >= 11 is 0. The van der Waals surface area contributed by atoms with E-state index < -0.39 is 5.41 Å². The van der Waals surface area contributed by atoms with Gasteiger partial charge in [-0.3, -0.25) is 0 Å². The van der Waals surface area contributed by atoms with Crippen LogP contribution in [-0.4, -0.2) is 38.1 Å². The van der Waals surface area contributed by atoms with Crippen LogP contribution in [0.2, 0.25) is 0 Å². The minimum Gasteiger partial charge on any atom is -0.493 e. The number of hydrogen-bond acceptors (Lipinski definition) is 8. The highest BCUT2D eigenvalue weighted by atomic mass is 16.7. The van der Waals surface area contributed by atoms with Crippen LogP contribution < -0.4 is 29.4 Å². The van der Waals surface area contributed by atoms with Crippen LogP contribution in [0, 0.1) is 0 Å². The summed E-state index contributed by atoms with van der Waals surface area (Å²) < 4.78 is 27.6. The lowest BCUT2D eigenvalue weighted by Crippen LogP contribution is -2.22. The third-order valence-corrected chi connectivity index (χ3v) is 5.20. The van der Waals surface area contributed by atoms with Crippen LogP contribution in [-0.2, 0) is 5.41 Å². The van der Waals surface area contributed by atoms with E-state index in [1.165, 1.54) is 0 Å². The molecule has 2 heterocycles. The molecule has 1 aromatic heterocycles. The molecule has 29 heavy (non-hydrogen) atoms. The van der Waals surface area contributed by atoms with Crippen molar-refractivity contribution < 1.29 is 23.7 Å². The molecule has 0 radical (unpaired) electrons. The van der Waals surface area contributed by atoms with Gasteiger partial charge in [0.05, 0.1) is 27.0 Å². The lowest BCUT2D eigenvalue weighted by Gasteiger charge is -2.27. The molecule has 2 N–H and O–H groups in total. The Morgan fingerprint density at radius 2 is 1.66 bits per heavy atom. The van der Waals surface area contributed by atoms with Crippen LogP contribution in [0.15, 0.2) is 24.3 Å². The molecule has 152 valence electrons. The van der Waals surface area contributed by atoms with Gasteiger partial charge in [-0.15, -0.1) is 0 Å². The van der Waals surface area contributed by atoms with E-state index in [4.69, 9.17) is 29.4 Å². The molecule has 0 amide bonds. The molecule has 0 saturated carbocycles. The molecule has 0 unspecified atom stereocenters. The predicted octanol–water partition coefficient (Wildman–Crippen LogP) is 3.29. The van der Waals surface area contributed by atoms with E-state index in [1.54, 1.807) is 21.3 Å². The van der Waals surface area contributed by atoms with Crippen molar-refractivity contribution in [3.05, 3.63) is 35.5 Å². The number of rotatable bonds is 5. The van der Waals surface area contributed by atoms with Crippen LogP contribution in [0.25, 0.3) is 10.9 Å². The maximum atomic E-state index is 6.08. The molecular weight excluding hydrogens is 374 g/mol. The highest BCUT2D eigenvalue weighted by molar-refractivity contribution is 5.93. The zero-order chi connectivity index (χ0) is 20.8. The second kappa shape index (κ2) is 6.88. The van der Waals surface area contributed by atoms with Crippen molar-refractivity contribution in [1.82, 2.24) is 9.97 Å². The topological polar surface area (TPSA) is 98.0 Å². The molecule has 0 atom stereocenters. The number of aromatic nitrogens is 2. The van der Waals surface area contributed by atoms with Crippen molar-refractivity contribution >= 4 is 16.9 Å². The van der Waals surface area contributed by atoms with Crippen molar-refractivity contribution in [2.45, 2.75) is 19.3 Å². The van der Waals surface area contributed by atoms with Crippen LogP contribution in [0.3, 0.4) is 0 Å². The fraction of sp³-hybridized carbons (Fsp3) is 0.333. The highest BCUT2D eigenvalue weighted by Gasteiger charge is 2.32. The number of fused-ring (bicyclic) bond motifs is 2. The van der Waals surface area contributed by atoms with Crippen LogP contribution in [0.5, 0.6) is 28.7 Å². The SMILES string of the molecule is COc1cc2c(C(C)(C)c3ccc4c(c3)OCO4)nc(N)nc2c(OC)c1OC. The highest BCUT2D eigenvalue weighted by Crippen LogP contribution is 2.46. The van der Waals surface area contributed by atoms with Gasteiger partial charge in [-0.1, -0.05) is 19.9 Å². The second-order valence-corrected chi connectivity index (χ2v) is 7.16. The minimum atomic E-state index is -0.527. The van der Waals surface area contributed by atoms with Crippen molar-refractivity contribution in [2.75, 3.05) is 33.9 Å². The molecule has 0 aliphatic carbocycles. The zero-order valence-corrected chi connectivity index (χ0v) is 17.0. The van der Waals surface area contributed by atoms with Crippen molar-refractivity contribution in [3.63, 3.8) is 0 Å². The summed E-state index contributed by atoms with van der Waals surface area (Å²) in [4.78, 5) is 9.01. The monoisotopic (exact) mass is 397 g/mol. The minimum absolute atomic E-state index is 0.145. The van der Waals surface area contributed by atoms with Crippen LogP contribution in [0.1, 0.15) is 25.1 Å². The van der Waals surface area contributed by atoms with Gasteiger partial charge in [0.15, 0.2) is 23.0 Å². The number of methoxy groups -OCH3 is 3. The van der Waals surface area contributed by atoms with Gasteiger partial charge in [0.1, 0.15) is 5.52 Å². The lowest BCUT2D eigenvalue weighted by molar-refractivity contribution is 0.174. The van der Waals surface area contributed by atoms with E-state index in [0.29, 0.717) is 28.5 Å². The first-order valence-electron chi connectivity index (χ1n) is 9.07. The van der Waals surface area contributed by atoms with Crippen molar-refractivity contribution in [2.24, 2.45) is 0 Å². The second-order valence-electron chi connectivity index (χ2n) is 7.16. The molecule has 0 fully saturated rings. The van der Waals surface area contributed by atoms with Crippen LogP contribution in [0.4, 0.5) is 5.95 Å². The first-order valence-corrected chi connectivity index (χ1v) is 9.07. The maximum absolute atomic E-state index is 6.08. The van der Waals surface area contributed by atoms with Gasteiger partial charge in [-0.2, -0.15) is 0 Å². The number of ether oxygens (including phenoxy) is 5. The Morgan fingerprint density at radius 3 is 2.34 bits per heavy atom. The number of nitrogen functional groups attached to an aromatic ring is 1. The molecule has 1 aliphatic heterocycles.